The molecule has 0 unspecified atom stereocenters. The number of rotatable bonds is 2. The third-order valence-electron chi connectivity index (χ3n) is 6.13. The number of nitrogens with one attached hydrogen (secondary N) is 2. The Labute approximate surface area is 214 Å². The van der Waals surface area contributed by atoms with Crippen molar-refractivity contribution in [2.24, 2.45) is 0 Å². The van der Waals surface area contributed by atoms with Crippen LogP contribution in [0.1, 0.15) is 28.3 Å². The highest BCUT2D eigenvalue weighted by Crippen LogP contribution is 2.20. The van der Waals surface area contributed by atoms with E-state index in [2.05, 4.69) is 64.0 Å². The first-order chi connectivity index (χ1) is 18.2. The fourth-order valence-corrected chi connectivity index (χ4v) is 4.42. The van der Waals surface area contributed by atoms with Gasteiger partial charge in [0.2, 0.25) is 0 Å². The molecule has 7 rings (SSSR count). The Hall–Kier alpha value is -5.03. The van der Waals surface area contributed by atoms with Gasteiger partial charge in [-0.15, -0.1) is 6.58 Å². The van der Waals surface area contributed by atoms with E-state index in [1.807, 2.05) is 73.0 Å². The Morgan fingerprint density at radius 3 is 1.95 bits per heavy atom. The van der Waals surface area contributed by atoms with Gasteiger partial charge in [-0.1, -0.05) is 30.3 Å². The van der Waals surface area contributed by atoms with Crippen LogP contribution in [-0.2, 0) is 6.42 Å². The van der Waals surface area contributed by atoms with Crippen molar-refractivity contribution in [1.29, 1.82) is 0 Å². The van der Waals surface area contributed by atoms with Crippen molar-refractivity contribution < 1.29 is 0 Å². The maximum Gasteiger partial charge on any atom is 0.0701 e. The Kier molecular flexibility index (Phi) is 6.01. The normalized spacial score (nSPS) is 11.8. The van der Waals surface area contributed by atoms with Gasteiger partial charge in [-0.2, -0.15) is 0 Å². The fraction of sp³-hybridized carbons (Fsp3) is 0.0312. The minimum absolute atomic E-state index is 0.800. The van der Waals surface area contributed by atoms with E-state index in [0.717, 1.165) is 56.8 Å². The summed E-state index contributed by atoms with van der Waals surface area (Å²) >= 11 is 0. The predicted molar refractivity (Wildman–Crippen MR) is 155 cm³/mol. The number of nitrogens with zero attached hydrogens (tertiary/aromatic N) is 3. The minimum Gasteiger partial charge on any atom is -0.355 e. The molecule has 0 saturated carbocycles. The molecule has 5 nitrogen and oxygen atoms in total. The Morgan fingerprint density at radius 2 is 1.27 bits per heavy atom. The van der Waals surface area contributed by atoms with E-state index in [-0.39, 0.29) is 0 Å². The zero-order chi connectivity index (χ0) is 25.0. The standard InChI is InChI=1S/C23H18N4.C9H7N/c1-2-3-15-10-22-13-20-7-6-18(25-20)11-16-4-5-17(24-16)12-19-8-9-21(26-19)14-23(15)27-22;1-2-6-9-8(4-1)5-3-7-10-9/h2,4-14,24,27H,1,3H2;1-7H. The average Bonchev–Trinajstić information content (AvgIpc) is 3.71. The van der Waals surface area contributed by atoms with E-state index < -0.39 is 0 Å². The Balaban J connectivity index is 0.000000210. The maximum absolute atomic E-state index is 4.71. The molecule has 0 radical (unpaired) electrons. The molecule has 8 bridgehead atoms. The first-order valence-electron chi connectivity index (χ1n) is 12.2. The molecule has 2 aliphatic rings. The molecule has 0 saturated heterocycles. The summed E-state index contributed by atoms with van der Waals surface area (Å²) in [6.07, 6.45) is 12.6. The second kappa shape index (κ2) is 9.91. The maximum atomic E-state index is 4.71. The molecule has 0 amide bonds. The largest absolute Gasteiger partial charge is 0.355 e. The molecule has 178 valence electrons. The number of aromatic nitrogens is 5. The highest BCUT2D eigenvalue weighted by molar-refractivity contribution is 5.79. The summed E-state index contributed by atoms with van der Waals surface area (Å²) in [5, 5.41) is 1.20. The van der Waals surface area contributed by atoms with Crippen LogP contribution in [0.2, 0.25) is 0 Å². The van der Waals surface area contributed by atoms with Crippen molar-refractivity contribution in [3.8, 4) is 0 Å². The lowest BCUT2D eigenvalue weighted by molar-refractivity contribution is 1.29. The average molecular weight is 480 g/mol. The predicted octanol–water partition coefficient (Wildman–Crippen LogP) is 7.62. The van der Waals surface area contributed by atoms with Crippen LogP contribution in [0.4, 0.5) is 0 Å². The molecule has 5 aromatic rings. The molecule has 1 aromatic carbocycles. The van der Waals surface area contributed by atoms with Crippen LogP contribution >= 0.6 is 0 Å². The van der Waals surface area contributed by atoms with E-state index in [9.17, 15) is 0 Å². The summed E-state index contributed by atoms with van der Waals surface area (Å²) in [6.45, 7) is 3.88. The molecule has 37 heavy (non-hydrogen) atoms. The number of pyridine rings is 1. The van der Waals surface area contributed by atoms with Gasteiger partial charge >= 0.3 is 0 Å². The van der Waals surface area contributed by atoms with Crippen LogP contribution in [0.5, 0.6) is 0 Å². The van der Waals surface area contributed by atoms with Gasteiger partial charge in [-0.05, 0) is 90.9 Å². The summed E-state index contributed by atoms with van der Waals surface area (Å²) in [5.41, 5.74) is 10.1. The second-order valence-electron chi connectivity index (χ2n) is 8.89. The van der Waals surface area contributed by atoms with Crippen LogP contribution < -0.4 is 0 Å². The van der Waals surface area contributed by atoms with E-state index in [0.29, 0.717) is 0 Å². The van der Waals surface area contributed by atoms with E-state index in [1.54, 1.807) is 0 Å². The Morgan fingerprint density at radius 1 is 0.649 bits per heavy atom. The van der Waals surface area contributed by atoms with E-state index in [1.165, 1.54) is 10.9 Å². The minimum atomic E-state index is 0.800. The quantitative estimate of drug-likeness (QED) is 0.251. The molecule has 2 N–H and O–H groups in total. The summed E-state index contributed by atoms with van der Waals surface area (Å²) in [6, 6.07) is 26.6. The number of H-pyrrole nitrogens is 2. The number of benzene rings is 1. The fourth-order valence-electron chi connectivity index (χ4n) is 4.42. The Bertz CT molecular complexity index is 1770. The molecule has 0 fully saturated rings. The zero-order valence-electron chi connectivity index (χ0n) is 20.2. The number of allylic oxidation sites excluding steroid dienone is 1. The van der Waals surface area contributed by atoms with Gasteiger partial charge in [0.05, 0.1) is 28.3 Å². The van der Waals surface area contributed by atoms with Gasteiger partial charge in [-0.3, -0.25) is 4.98 Å². The van der Waals surface area contributed by atoms with Gasteiger partial charge in [0.15, 0.2) is 0 Å². The molecule has 5 heteroatoms. The lowest BCUT2D eigenvalue weighted by Gasteiger charge is -1.91. The van der Waals surface area contributed by atoms with Gasteiger partial charge in [0.25, 0.3) is 0 Å². The first-order valence-corrected chi connectivity index (χ1v) is 12.2. The first kappa shape index (κ1) is 22.4. The van der Waals surface area contributed by atoms with E-state index in [4.69, 9.17) is 9.97 Å². The summed E-state index contributed by atoms with van der Waals surface area (Å²) < 4.78 is 0. The van der Waals surface area contributed by atoms with Crippen molar-refractivity contribution >= 4 is 57.3 Å². The lowest BCUT2D eigenvalue weighted by Crippen LogP contribution is -1.78. The molecule has 4 aromatic heterocycles. The third-order valence-corrected chi connectivity index (χ3v) is 6.13. The van der Waals surface area contributed by atoms with Crippen molar-refractivity contribution in [2.75, 3.05) is 0 Å². The number of hydrogen-bond donors (Lipinski definition) is 2. The highest BCUT2D eigenvalue weighted by atomic mass is 14.8. The SMILES string of the molecule is C=CCc1cc2cc3nc(cc4ccc(cc5nc(cc1[nH]2)C=C5)[nH]4)C=C3.c1ccc2ncccc2c1. The molecular formula is C32H25N5. The van der Waals surface area contributed by atoms with Gasteiger partial charge in [-0.25, -0.2) is 9.97 Å². The lowest BCUT2D eigenvalue weighted by atomic mass is 10.2. The van der Waals surface area contributed by atoms with Gasteiger partial charge in [0, 0.05) is 33.6 Å². The smallest absolute Gasteiger partial charge is 0.0701 e. The topological polar surface area (TPSA) is 70.2 Å². The third kappa shape index (κ3) is 5.16. The molecule has 0 aliphatic carbocycles. The van der Waals surface area contributed by atoms with Gasteiger partial charge < -0.3 is 9.97 Å². The van der Waals surface area contributed by atoms with Crippen LogP contribution in [0.3, 0.4) is 0 Å². The van der Waals surface area contributed by atoms with Crippen LogP contribution in [0, 0.1) is 0 Å². The summed E-state index contributed by atoms with van der Waals surface area (Å²) in [5.74, 6) is 0. The summed E-state index contributed by atoms with van der Waals surface area (Å²) in [4.78, 5) is 20.5. The second-order valence-corrected chi connectivity index (χ2v) is 8.89. The van der Waals surface area contributed by atoms with Crippen molar-refractivity contribution in [2.45, 2.75) is 6.42 Å². The molecule has 0 atom stereocenters. The van der Waals surface area contributed by atoms with Crippen LogP contribution in [-0.4, -0.2) is 24.9 Å². The number of para-hydroxylation sites is 1. The van der Waals surface area contributed by atoms with Crippen LogP contribution in [0.25, 0.3) is 57.3 Å². The summed E-state index contributed by atoms with van der Waals surface area (Å²) in [7, 11) is 0. The monoisotopic (exact) mass is 479 g/mol. The van der Waals surface area contributed by atoms with Crippen molar-refractivity contribution in [3.05, 3.63) is 126 Å². The molecule has 0 spiro atoms. The van der Waals surface area contributed by atoms with Crippen LogP contribution in [0.15, 0.2) is 97.7 Å². The van der Waals surface area contributed by atoms with Crippen molar-refractivity contribution in [3.63, 3.8) is 0 Å². The van der Waals surface area contributed by atoms with E-state index >= 15 is 0 Å². The highest BCUT2D eigenvalue weighted by Gasteiger charge is 2.04. The number of aromatic amines is 2. The molecule has 2 aliphatic heterocycles. The van der Waals surface area contributed by atoms with Gasteiger partial charge in [0.1, 0.15) is 0 Å². The molecule has 6 heterocycles. The zero-order valence-corrected chi connectivity index (χ0v) is 20.2. The van der Waals surface area contributed by atoms with Crippen molar-refractivity contribution in [1.82, 2.24) is 24.9 Å². The number of fused-ring (bicyclic) bond motifs is 9. The number of hydrogen-bond acceptors (Lipinski definition) is 3. The molecular weight excluding hydrogens is 454 g/mol.